The minimum absolute atomic E-state index is 0.725. The van der Waals surface area contributed by atoms with Gasteiger partial charge in [-0.05, 0) is 24.3 Å². The van der Waals surface area contributed by atoms with Gasteiger partial charge < -0.3 is 10.2 Å². The Hall–Kier alpha value is -2.81. The van der Waals surface area contributed by atoms with Crippen LogP contribution in [0.15, 0.2) is 65.2 Å². The summed E-state index contributed by atoms with van der Waals surface area (Å²) in [5, 5.41) is 2.02. The van der Waals surface area contributed by atoms with Crippen LogP contribution in [0.1, 0.15) is 0 Å². The van der Waals surface area contributed by atoms with Crippen LogP contribution in [0.4, 0.5) is 5.69 Å². The molecule has 0 aliphatic heterocycles. The Balaban J connectivity index is 2.16. The number of benzene rings is 2. The van der Waals surface area contributed by atoms with Gasteiger partial charge >= 0.3 is 0 Å². The van der Waals surface area contributed by atoms with Gasteiger partial charge in [0.15, 0.2) is 0 Å². The van der Waals surface area contributed by atoms with Crippen LogP contribution in [-0.4, -0.2) is 4.98 Å². The normalized spacial score (nSPS) is 11.2. The molecule has 3 heteroatoms. The summed E-state index contributed by atoms with van der Waals surface area (Å²) < 4.78 is 5.87. The molecule has 0 saturated heterocycles. The third-order valence-electron chi connectivity index (χ3n) is 3.45. The summed E-state index contributed by atoms with van der Waals surface area (Å²) in [4.78, 5) is 4.53. The van der Waals surface area contributed by atoms with Crippen molar-refractivity contribution in [3.05, 3.63) is 60.8 Å². The van der Waals surface area contributed by atoms with Crippen molar-refractivity contribution in [3.63, 3.8) is 0 Å². The zero-order valence-corrected chi connectivity index (χ0v) is 10.7. The van der Waals surface area contributed by atoms with Crippen LogP contribution in [-0.2, 0) is 0 Å². The number of nitrogens with zero attached hydrogens (tertiary/aromatic N) is 1. The fourth-order valence-electron chi connectivity index (χ4n) is 2.55. The van der Waals surface area contributed by atoms with Gasteiger partial charge in [-0.2, -0.15) is 0 Å². The fraction of sp³-hybridized carbons (Fsp3) is 0. The molecule has 0 amide bonds. The first-order valence-electron chi connectivity index (χ1n) is 6.45. The summed E-state index contributed by atoms with van der Waals surface area (Å²) in [5.74, 6) is 0. The van der Waals surface area contributed by atoms with Crippen molar-refractivity contribution >= 4 is 27.6 Å². The number of furan rings is 1. The molecule has 0 fully saturated rings. The summed E-state index contributed by atoms with van der Waals surface area (Å²) in [6, 6.07) is 17.7. The molecule has 96 valence electrons. The lowest BCUT2D eigenvalue weighted by atomic mass is 10.0. The Bertz CT molecular complexity index is 910. The van der Waals surface area contributed by atoms with Gasteiger partial charge in [0.05, 0.1) is 11.1 Å². The van der Waals surface area contributed by atoms with Crippen molar-refractivity contribution in [2.45, 2.75) is 0 Å². The van der Waals surface area contributed by atoms with Crippen LogP contribution in [0.2, 0.25) is 0 Å². The third kappa shape index (κ3) is 1.57. The molecule has 2 heterocycles. The molecule has 20 heavy (non-hydrogen) atoms. The molecule has 4 rings (SSSR count). The Morgan fingerprint density at radius 3 is 2.60 bits per heavy atom. The Kier molecular flexibility index (Phi) is 2.27. The zero-order chi connectivity index (χ0) is 13.5. The molecule has 0 unspecified atom stereocenters. The third-order valence-corrected chi connectivity index (χ3v) is 3.45. The van der Waals surface area contributed by atoms with E-state index in [4.69, 9.17) is 10.2 Å². The molecule has 0 spiro atoms. The van der Waals surface area contributed by atoms with E-state index in [2.05, 4.69) is 4.98 Å². The van der Waals surface area contributed by atoms with Gasteiger partial charge in [0.1, 0.15) is 11.2 Å². The molecule has 0 aliphatic rings. The van der Waals surface area contributed by atoms with Crippen LogP contribution < -0.4 is 5.73 Å². The average Bonchev–Trinajstić information content (AvgIpc) is 2.86. The number of aromatic nitrogens is 1. The van der Waals surface area contributed by atoms with E-state index in [1.54, 1.807) is 6.20 Å². The summed E-state index contributed by atoms with van der Waals surface area (Å²) in [6.45, 7) is 0. The molecule has 0 aliphatic carbocycles. The second kappa shape index (κ2) is 4.10. The molecule has 3 nitrogen and oxygen atoms in total. The van der Waals surface area contributed by atoms with Crippen LogP contribution in [0.5, 0.6) is 0 Å². The summed E-state index contributed by atoms with van der Waals surface area (Å²) >= 11 is 0. The standard InChI is InChI=1S/C17H12N2O/c18-12-6-7-14-13(10-12)16-15(20-14)8-9-19-17(16)11-4-2-1-3-5-11/h1-10H,18H2. The highest BCUT2D eigenvalue weighted by Gasteiger charge is 2.13. The van der Waals surface area contributed by atoms with Gasteiger partial charge in [0, 0.05) is 22.8 Å². The van der Waals surface area contributed by atoms with E-state index in [1.807, 2.05) is 54.6 Å². The molecule has 4 aromatic rings. The first-order chi connectivity index (χ1) is 9.83. The lowest BCUT2D eigenvalue weighted by molar-refractivity contribution is 0.668. The van der Waals surface area contributed by atoms with Crippen LogP contribution in [0.25, 0.3) is 33.2 Å². The van der Waals surface area contributed by atoms with E-state index in [-0.39, 0.29) is 0 Å². The Morgan fingerprint density at radius 1 is 0.900 bits per heavy atom. The summed E-state index contributed by atoms with van der Waals surface area (Å²) in [5.41, 5.74) is 10.3. The van der Waals surface area contributed by atoms with E-state index in [0.29, 0.717) is 0 Å². The molecule has 2 aromatic heterocycles. The van der Waals surface area contributed by atoms with Crippen molar-refractivity contribution in [2.24, 2.45) is 0 Å². The number of nitrogens with two attached hydrogens (primary N) is 1. The first-order valence-corrected chi connectivity index (χ1v) is 6.45. The molecule has 0 radical (unpaired) electrons. The smallest absolute Gasteiger partial charge is 0.139 e. The van der Waals surface area contributed by atoms with Crippen molar-refractivity contribution in [2.75, 3.05) is 5.73 Å². The van der Waals surface area contributed by atoms with E-state index in [9.17, 15) is 0 Å². The van der Waals surface area contributed by atoms with E-state index in [1.165, 1.54) is 0 Å². The van der Waals surface area contributed by atoms with Gasteiger partial charge in [-0.1, -0.05) is 30.3 Å². The average molecular weight is 260 g/mol. The van der Waals surface area contributed by atoms with Crippen molar-refractivity contribution < 1.29 is 4.42 Å². The molecule has 0 saturated carbocycles. The number of hydrogen-bond acceptors (Lipinski definition) is 3. The fourth-order valence-corrected chi connectivity index (χ4v) is 2.55. The highest BCUT2D eigenvalue weighted by Crippen LogP contribution is 2.35. The minimum Gasteiger partial charge on any atom is -0.456 e. The maximum atomic E-state index is 5.90. The van der Waals surface area contributed by atoms with Crippen molar-refractivity contribution in [1.29, 1.82) is 0 Å². The topological polar surface area (TPSA) is 52.0 Å². The molecule has 2 N–H and O–H groups in total. The van der Waals surface area contributed by atoms with E-state index >= 15 is 0 Å². The highest BCUT2D eigenvalue weighted by atomic mass is 16.3. The number of fused-ring (bicyclic) bond motifs is 3. The highest BCUT2D eigenvalue weighted by molar-refractivity contribution is 6.11. The summed E-state index contributed by atoms with van der Waals surface area (Å²) in [6.07, 6.45) is 1.77. The number of anilines is 1. The molecule has 0 bridgehead atoms. The van der Waals surface area contributed by atoms with Gasteiger partial charge in [-0.15, -0.1) is 0 Å². The number of rotatable bonds is 1. The zero-order valence-electron chi connectivity index (χ0n) is 10.7. The van der Waals surface area contributed by atoms with E-state index in [0.717, 1.165) is 38.9 Å². The quantitative estimate of drug-likeness (QED) is 0.521. The van der Waals surface area contributed by atoms with Gasteiger partial charge in [-0.3, -0.25) is 4.98 Å². The second-order valence-electron chi connectivity index (χ2n) is 4.76. The SMILES string of the molecule is Nc1ccc2oc3ccnc(-c4ccccc4)c3c2c1. The maximum absolute atomic E-state index is 5.90. The predicted molar refractivity (Wildman–Crippen MR) is 81.4 cm³/mol. The molecular weight excluding hydrogens is 248 g/mol. The van der Waals surface area contributed by atoms with Gasteiger partial charge in [0.2, 0.25) is 0 Å². The number of pyridine rings is 1. The van der Waals surface area contributed by atoms with Gasteiger partial charge in [0.25, 0.3) is 0 Å². The monoisotopic (exact) mass is 260 g/mol. The first kappa shape index (κ1) is 11.1. The van der Waals surface area contributed by atoms with Crippen LogP contribution in [0, 0.1) is 0 Å². The maximum Gasteiger partial charge on any atom is 0.139 e. The lowest BCUT2D eigenvalue weighted by Gasteiger charge is -2.02. The van der Waals surface area contributed by atoms with Gasteiger partial charge in [-0.25, -0.2) is 0 Å². The second-order valence-corrected chi connectivity index (χ2v) is 4.76. The Morgan fingerprint density at radius 2 is 1.75 bits per heavy atom. The van der Waals surface area contributed by atoms with Crippen LogP contribution >= 0.6 is 0 Å². The van der Waals surface area contributed by atoms with Crippen LogP contribution in [0.3, 0.4) is 0 Å². The molecular formula is C17H12N2O. The summed E-state index contributed by atoms with van der Waals surface area (Å²) in [7, 11) is 0. The minimum atomic E-state index is 0.725. The van der Waals surface area contributed by atoms with E-state index < -0.39 is 0 Å². The molecule has 0 atom stereocenters. The van der Waals surface area contributed by atoms with Crippen molar-refractivity contribution in [3.8, 4) is 11.3 Å². The molecule has 2 aromatic carbocycles. The predicted octanol–water partition coefficient (Wildman–Crippen LogP) is 4.23. The lowest BCUT2D eigenvalue weighted by Crippen LogP contribution is -1.85. The largest absolute Gasteiger partial charge is 0.456 e. The number of hydrogen-bond donors (Lipinski definition) is 1. The Labute approximate surface area is 115 Å². The number of nitrogen functional groups attached to an aromatic ring is 1. The van der Waals surface area contributed by atoms with Crippen molar-refractivity contribution in [1.82, 2.24) is 4.98 Å².